The molecule has 2 heterocycles. The van der Waals surface area contributed by atoms with Gasteiger partial charge in [-0.2, -0.15) is 0 Å². The molecule has 4 aromatic carbocycles. The summed E-state index contributed by atoms with van der Waals surface area (Å²) in [5.41, 5.74) is 9.13. The highest BCUT2D eigenvalue weighted by atomic mass is 14.9. The minimum absolute atomic E-state index is 1.29. The van der Waals surface area contributed by atoms with E-state index in [1.807, 2.05) is 0 Å². The highest BCUT2D eigenvalue weighted by Gasteiger charge is 2.18. The second-order valence-corrected chi connectivity index (χ2v) is 7.67. The topological polar surface area (TPSA) is 4.41 Å². The average Bonchev–Trinajstić information content (AvgIpc) is 3.18. The summed E-state index contributed by atoms with van der Waals surface area (Å²) in [6.45, 7) is 4.35. The van der Waals surface area contributed by atoms with Crippen LogP contribution >= 0.6 is 0 Å². The van der Waals surface area contributed by atoms with Gasteiger partial charge >= 0.3 is 0 Å². The molecule has 0 spiro atoms. The number of hydrogen-bond acceptors (Lipinski definition) is 0. The molecule has 0 fully saturated rings. The van der Waals surface area contributed by atoms with Crippen molar-refractivity contribution in [1.29, 1.82) is 0 Å². The Balaban J connectivity index is 1.86. The van der Waals surface area contributed by atoms with Crippen LogP contribution in [0.5, 0.6) is 0 Å². The summed E-state index contributed by atoms with van der Waals surface area (Å²) in [6.07, 6.45) is 0. The summed E-state index contributed by atoms with van der Waals surface area (Å²) in [4.78, 5) is 0. The van der Waals surface area contributed by atoms with Crippen molar-refractivity contribution in [2.75, 3.05) is 0 Å². The Morgan fingerprint density at radius 3 is 1.56 bits per heavy atom. The van der Waals surface area contributed by atoms with Crippen molar-refractivity contribution in [2.24, 2.45) is 0 Å². The predicted molar refractivity (Wildman–Crippen MR) is 116 cm³/mol. The number of hydrogen-bond donors (Lipinski definition) is 0. The first kappa shape index (κ1) is 14.8. The number of aromatic nitrogens is 1. The molecule has 6 aromatic rings. The quantitative estimate of drug-likeness (QED) is 0.299. The van der Waals surface area contributed by atoms with E-state index in [0.717, 1.165) is 0 Å². The van der Waals surface area contributed by atoms with Gasteiger partial charge in [-0.1, -0.05) is 65.7 Å². The number of aryl methyl sites for hydroxylation is 2. The van der Waals surface area contributed by atoms with Crippen LogP contribution in [0, 0.1) is 13.8 Å². The molecular weight excluding hydrogens is 326 g/mol. The van der Waals surface area contributed by atoms with Crippen molar-refractivity contribution in [3.63, 3.8) is 0 Å². The van der Waals surface area contributed by atoms with Crippen molar-refractivity contribution >= 4 is 38.1 Å². The molecule has 0 saturated carbocycles. The Labute approximate surface area is 157 Å². The maximum atomic E-state index is 2.43. The zero-order valence-corrected chi connectivity index (χ0v) is 15.5. The van der Waals surface area contributed by atoms with Crippen molar-refractivity contribution in [3.8, 4) is 11.1 Å². The Kier molecular flexibility index (Phi) is 2.80. The van der Waals surface area contributed by atoms with E-state index in [-0.39, 0.29) is 0 Å². The molecule has 0 saturated heterocycles. The third-order valence-corrected chi connectivity index (χ3v) is 5.76. The number of fused-ring (bicyclic) bond motifs is 6. The molecule has 0 atom stereocenters. The first-order valence-corrected chi connectivity index (χ1v) is 9.46. The summed E-state index contributed by atoms with van der Waals surface area (Å²) in [7, 11) is 0. The monoisotopic (exact) mass is 345 g/mol. The standard InChI is InChI=1S/C26H19N/c1-16-11-17(2)13-18(12-16)19-14-22-20-7-3-5-9-24(20)27-25-10-6-4-8-21(25)23(15-19)26(22)27/h3-15H,1-2H3. The maximum Gasteiger partial charge on any atom is 0.0620 e. The normalized spacial score (nSPS) is 12.1. The first-order valence-electron chi connectivity index (χ1n) is 9.46. The lowest BCUT2D eigenvalue weighted by Crippen LogP contribution is -1.83. The van der Waals surface area contributed by atoms with Gasteiger partial charge in [0.1, 0.15) is 0 Å². The molecule has 0 aliphatic rings. The second-order valence-electron chi connectivity index (χ2n) is 7.67. The van der Waals surface area contributed by atoms with E-state index < -0.39 is 0 Å². The zero-order chi connectivity index (χ0) is 18.1. The van der Waals surface area contributed by atoms with Crippen molar-refractivity contribution in [2.45, 2.75) is 13.8 Å². The first-order chi connectivity index (χ1) is 13.2. The second kappa shape index (κ2) is 5.11. The fraction of sp³-hybridized carbons (Fsp3) is 0.0769. The van der Waals surface area contributed by atoms with Crippen LogP contribution in [0.15, 0.2) is 78.9 Å². The van der Waals surface area contributed by atoms with E-state index in [2.05, 4.69) is 97.1 Å². The fourth-order valence-electron chi connectivity index (χ4n) is 4.76. The number of nitrogens with zero attached hydrogens (tertiary/aromatic N) is 1. The van der Waals surface area contributed by atoms with E-state index in [0.29, 0.717) is 0 Å². The summed E-state index contributed by atoms with van der Waals surface area (Å²) in [5, 5.41) is 5.34. The minimum atomic E-state index is 1.29. The third-order valence-electron chi connectivity index (χ3n) is 5.76. The van der Waals surface area contributed by atoms with Crippen LogP contribution in [-0.4, -0.2) is 4.40 Å². The van der Waals surface area contributed by atoms with Crippen LogP contribution in [-0.2, 0) is 0 Å². The SMILES string of the molecule is Cc1cc(C)cc(-c2cc3c4ccccc4n4c5ccccc5c(c2)c34)c1. The third kappa shape index (κ3) is 1.94. The summed E-state index contributed by atoms with van der Waals surface area (Å²) in [6, 6.07) is 29.1. The number of benzene rings is 4. The molecule has 0 aliphatic heterocycles. The van der Waals surface area contributed by atoms with E-state index in [4.69, 9.17) is 0 Å². The number of para-hydroxylation sites is 2. The molecule has 0 bridgehead atoms. The molecule has 0 aliphatic carbocycles. The van der Waals surface area contributed by atoms with Gasteiger partial charge in [0.15, 0.2) is 0 Å². The van der Waals surface area contributed by atoms with Crippen LogP contribution in [0.2, 0.25) is 0 Å². The van der Waals surface area contributed by atoms with Crippen LogP contribution in [0.4, 0.5) is 0 Å². The lowest BCUT2D eigenvalue weighted by atomic mass is 9.97. The molecule has 2 aromatic heterocycles. The molecule has 0 unspecified atom stereocenters. The van der Waals surface area contributed by atoms with Gasteiger partial charge in [-0.15, -0.1) is 0 Å². The summed E-state index contributed by atoms with van der Waals surface area (Å²) >= 11 is 0. The van der Waals surface area contributed by atoms with E-state index >= 15 is 0 Å². The molecule has 128 valence electrons. The van der Waals surface area contributed by atoms with Gasteiger partial charge < -0.3 is 4.40 Å². The summed E-state index contributed by atoms with van der Waals surface area (Å²) < 4.78 is 2.43. The van der Waals surface area contributed by atoms with Crippen LogP contribution in [0.25, 0.3) is 49.2 Å². The van der Waals surface area contributed by atoms with Gasteiger partial charge in [0.2, 0.25) is 0 Å². The van der Waals surface area contributed by atoms with Crippen molar-refractivity contribution in [3.05, 3.63) is 90.0 Å². The lowest BCUT2D eigenvalue weighted by Gasteiger charge is -2.07. The number of rotatable bonds is 1. The van der Waals surface area contributed by atoms with Gasteiger partial charge in [-0.05, 0) is 49.2 Å². The van der Waals surface area contributed by atoms with Crippen LogP contribution < -0.4 is 0 Å². The molecule has 27 heavy (non-hydrogen) atoms. The van der Waals surface area contributed by atoms with Gasteiger partial charge in [-0.3, -0.25) is 0 Å². The van der Waals surface area contributed by atoms with Crippen LogP contribution in [0.3, 0.4) is 0 Å². The molecule has 0 radical (unpaired) electrons. The molecule has 1 heteroatoms. The van der Waals surface area contributed by atoms with Gasteiger partial charge in [0.05, 0.1) is 16.6 Å². The Hall–Kier alpha value is -3.32. The largest absolute Gasteiger partial charge is 0.308 e. The van der Waals surface area contributed by atoms with Gasteiger partial charge in [0, 0.05) is 21.5 Å². The lowest BCUT2D eigenvalue weighted by molar-refractivity contribution is 1.37. The van der Waals surface area contributed by atoms with Gasteiger partial charge in [-0.25, -0.2) is 0 Å². The predicted octanol–water partition coefficient (Wildman–Crippen LogP) is 7.12. The molecular formula is C26H19N. The van der Waals surface area contributed by atoms with Crippen LogP contribution in [0.1, 0.15) is 11.1 Å². The summed E-state index contributed by atoms with van der Waals surface area (Å²) in [5.74, 6) is 0. The molecule has 0 amide bonds. The van der Waals surface area contributed by atoms with Gasteiger partial charge in [0.25, 0.3) is 0 Å². The van der Waals surface area contributed by atoms with E-state index in [1.165, 1.54) is 60.3 Å². The molecule has 1 nitrogen and oxygen atoms in total. The smallest absolute Gasteiger partial charge is 0.0620 e. The molecule has 6 rings (SSSR count). The Morgan fingerprint density at radius 1 is 0.519 bits per heavy atom. The highest BCUT2D eigenvalue weighted by Crippen LogP contribution is 2.41. The average molecular weight is 345 g/mol. The Bertz CT molecular complexity index is 1380. The molecule has 0 N–H and O–H groups in total. The van der Waals surface area contributed by atoms with E-state index in [1.54, 1.807) is 0 Å². The van der Waals surface area contributed by atoms with Crippen molar-refractivity contribution < 1.29 is 0 Å². The zero-order valence-electron chi connectivity index (χ0n) is 15.5. The van der Waals surface area contributed by atoms with Crippen molar-refractivity contribution in [1.82, 2.24) is 4.40 Å². The van der Waals surface area contributed by atoms with E-state index in [9.17, 15) is 0 Å². The maximum absolute atomic E-state index is 2.43. The fourth-order valence-corrected chi connectivity index (χ4v) is 4.76. The Morgan fingerprint density at radius 2 is 1.00 bits per heavy atom. The highest BCUT2D eigenvalue weighted by molar-refractivity contribution is 6.24. The minimum Gasteiger partial charge on any atom is -0.308 e.